The Morgan fingerprint density at radius 2 is 1.80 bits per heavy atom. The van der Waals surface area contributed by atoms with E-state index in [9.17, 15) is 8.78 Å². The average Bonchev–Trinajstić information content (AvgIpc) is 2.21. The number of benzene rings is 1. The van der Waals surface area contributed by atoms with Crippen molar-refractivity contribution in [1.82, 2.24) is 0 Å². The van der Waals surface area contributed by atoms with Crippen LogP contribution in [0.1, 0.15) is 5.56 Å². The summed E-state index contributed by atoms with van der Waals surface area (Å²) in [5.41, 5.74) is -0.00162. The zero-order valence-corrected chi connectivity index (χ0v) is 8.30. The summed E-state index contributed by atoms with van der Waals surface area (Å²) < 4.78 is 36.0. The van der Waals surface area contributed by atoms with Gasteiger partial charge in [-0.05, 0) is 0 Å². The smallest absolute Gasteiger partial charge is 0.197 e. The van der Waals surface area contributed by atoms with E-state index < -0.39 is 11.6 Å². The lowest BCUT2D eigenvalue weighted by Gasteiger charge is -2.12. The van der Waals surface area contributed by atoms with E-state index in [-0.39, 0.29) is 23.5 Å². The number of hydrogen-bond donors (Lipinski definition) is 0. The Morgan fingerprint density at radius 3 is 2.27 bits per heavy atom. The Kier molecular flexibility index (Phi) is 3.45. The van der Waals surface area contributed by atoms with Crippen LogP contribution in [0.2, 0.25) is 0 Å². The van der Waals surface area contributed by atoms with Crippen molar-refractivity contribution in [2.75, 3.05) is 14.2 Å². The SMILES string of the molecule is COc1c(F)cc(F)c(CC#N)c1OC. The second-order valence-electron chi connectivity index (χ2n) is 2.72. The summed E-state index contributed by atoms with van der Waals surface area (Å²) in [6.45, 7) is 0. The minimum absolute atomic E-state index is 0.00162. The van der Waals surface area contributed by atoms with Gasteiger partial charge in [0, 0.05) is 11.6 Å². The molecule has 0 atom stereocenters. The summed E-state index contributed by atoms with van der Waals surface area (Å²) in [7, 11) is 2.51. The molecule has 1 rings (SSSR count). The first-order chi connectivity index (χ1) is 7.15. The highest BCUT2D eigenvalue weighted by Gasteiger charge is 2.19. The van der Waals surface area contributed by atoms with Crippen molar-refractivity contribution in [3.05, 3.63) is 23.3 Å². The van der Waals surface area contributed by atoms with Crippen LogP contribution in [0.25, 0.3) is 0 Å². The molecule has 15 heavy (non-hydrogen) atoms. The first-order valence-electron chi connectivity index (χ1n) is 4.11. The summed E-state index contributed by atoms with van der Waals surface area (Å²) in [5.74, 6) is -1.93. The fourth-order valence-corrected chi connectivity index (χ4v) is 1.27. The first-order valence-corrected chi connectivity index (χ1v) is 4.11. The molecule has 80 valence electrons. The van der Waals surface area contributed by atoms with E-state index in [4.69, 9.17) is 14.7 Å². The van der Waals surface area contributed by atoms with Crippen LogP contribution in [-0.2, 0) is 6.42 Å². The Bertz CT molecular complexity index is 413. The van der Waals surface area contributed by atoms with Crippen molar-refractivity contribution in [3.63, 3.8) is 0 Å². The number of ether oxygens (including phenoxy) is 2. The molecule has 0 saturated heterocycles. The largest absolute Gasteiger partial charge is 0.492 e. The van der Waals surface area contributed by atoms with Gasteiger partial charge in [0.05, 0.1) is 26.7 Å². The lowest BCUT2D eigenvalue weighted by molar-refractivity contribution is 0.331. The van der Waals surface area contributed by atoms with Crippen LogP contribution in [0.5, 0.6) is 11.5 Å². The van der Waals surface area contributed by atoms with E-state index in [2.05, 4.69) is 0 Å². The molecule has 0 saturated carbocycles. The normalized spacial score (nSPS) is 9.53. The summed E-state index contributed by atoms with van der Waals surface area (Å²) in [5, 5.41) is 8.49. The van der Waals surface area contributed by atoms with Gasteiger partial charge in [-0.2, -0.15) is 5.26 Å². The summed E-state index contributed by atoms with van der Waals surface area (Å²) in [6.07, 6.45) is -0.203. The summed E-state index contributed by atoms with van der Waals surface area (Å²) >= 11 is 0. The molecule has 0 aliphatic heterocycles. The van der Waals surface area contributed by atoms with Crippen molar-refractivity contribution in [2.45, 2.75) is 6.42 Å². The van der Waals surface area contributed by atoms with E-state index in [1.165, 1.54) is 14.2 Å². The Balaban J connectivity index is 3.43. The molecule has 5 heteroatoms. The number of nitriles is 1. The van der Waals surface area contributed by atoms with E-state index >= 15 is 0 Å². The van der Waals surface area contributed by atoms with Gasteiger partial charge in [0.1, 0.15) is 5.82 Å². The van der Waals surface area contributed by atoms with Crippen molar-refractivity contribution in [3.8, 4) is 17.6 Å². The number of hydrogen-bond acceptors (Lipinski definition) is 3. The lowest BCUT2D eigenvalue weighted by atomic mass is 10.1. The third-order valence-electron chi connectivity index (χ3n) is 1.90. The predicted octanol–water partition coefficient (Wildman–Crippen LogP) is 2.05. The van der Waals surface area contributed by atoms with Gasteiger partial charge in [0.2, 0.25) is 0 Å². The second kappa shape index (κ2) is 4.60. The van der Waals surface area contributed by atoms with E-state index in [0.29, 0.717) is 6.07 Å². The van der Waals surface area contributed by atoms with Crippen LogP contribution in [0.3, 0.4) is 0 Å². The predicted molar refractivity (Wildman–Crippen MR) is 48.8 cm³/mol. The number of halogens is 2. The van der Waals surface area contributed by atoms with Crippen molar-refractivity contribution in [1.29, 1.82) is 5.26 Å². The van der Waals surface area contributed by atoms with Gasteiger partial charge in [-0.15, -0.1) is 0 Å². The molecule has 0 aromatic heterocycles. The van der Waals surface area contributed by atoms with Gasteiger partial charge >= 0.3 is 0 Å². The molecule has 3 nitrogen and oxygen atoms in total. The number of methoxy groups -OCH3 is 2. The maximum absolute atomic E-state index is 13.3. The minimum atomic E-state index is -0.853. The Labute approximate surface area is 85.8 Å². The maximum atomic E-state index is 13.3. The average molecular weight is 213 g/mol. The molecule has 1 aromatic rings. The molecule has 0 spiro atoms. The molecule has 0 fully saturated rings. The molecule has 0 unspecified atom stereocenters. The zero-order chi connectivity index (χ0) is 11.4. The fourth-order valence-electron chi connectivity index (χ4n) is 1.27. The van der Waals surface area contributed by atoms with Gasteiger partial charge in [0.25, 0.3) is 0 Å². The quantitative estimate of drug-likeness (QED) is 0.771. The van der Waals surface area contributed by atoms with Crippen LogP contribution < -0.4 is 9.47 Å². The van der Waals surface area contributed by atoms with Crippen LogP contribution in [-0.4, -0.2) is 14.2 Å². The second-order valence-corrected chi connectivity index (χ2v) is 2.72. The van der Waals surface area contributed by atoms with E-state index in [1.807, 2.05) is 0 Å². The monoisotopic (exact) mass is 213 g/mol. The molecule has 0 bridgehead atoms. The Morgan fingerprint density at radius 1 is 1.20 bits per heavy atom. The minimum Gasteiger partial charge on any atom is -0.492 e. The molecule has 0 aliphatic carbocycles. The molecular formula is C10H9F2NO2. The standard InChI is InChI=1S/C10H9F2NO2/c1-14-9-6(3-4-13)7(11)5-8(12)10(9)15-2/h5H,3H2,1-2H3. The summed E-state index contributed by atoms with van der Waals surface area (Å²) in [6, 6.07) is 2.45. The van der Waals surface area contributed by atoms with Gasteiger partial charge in [-0.1, -0.05) is 0 Å². The van der Waals surface area contributed by atoms with Crippen molar-refractivity contribution < 1.29 is 18.3 Å². The van der Waals surface area contributed by atoms with E-state index in [1.54, 1.807) is 6.07 Å². The first kappa shape index (κ1) is 11.2. The molecule has 0 radical (unpaired) electrons. The molecule has 0 amide bonds. The third kappa shape index (κ3) is 1.99. The fraction of sp³-hybridized carbons (Fsp3) is 0.300. The lowest BCUT2D eigenvalue weighted by Crippen LogP contribution is -2.01. The van der Waals surface area contributed by atoms with E-state index in [0.717, 1.165) is 0 Å². The van der Waals surface area contributed by atoms with Crippen molar-refractivity contribution >= 4 is 0 Å². The maximum Gasteiger partial charge on any atom is 0.197 e. The highest BCUT2D eigenvalue weighted by molar-refractivity contribution is 5.49. The summed E-state index contributed by atoms with van der Waals surface area (Å²) in [4.78, 5) is 0. The van der Waals surface area contributed by atoms with Crippen LogP contribution in [0.15, 0.2) is 6.07 Å². The van der Waals surface area contributed by atoms with Crippen LogP contribution in [0, 0.1) is 23.0 Å². The molecule has 0 N–H and O–H groups in total. The highest BCUT2D eigenvalue weighted by Crippen LogP contribution is 2.35. The Hall–Kier alpha value is -1.83. The third-order valence-corrected chi connectivity index (χ3v) is 1.90. The molecular weight excluding hydrogens is 204 g/mol. The zero-order valence-electron chi connectivity index (χ0n) is 8.30. The molecule has 0 heterocycles. The highest BCUT2D eigenvalue weighted by atomic mass is 19.1. The van der Waals surface area contributed by atoms with Gasteiger partial charge < -0.3 is 9.47 Å². The van der Waals surface area contributed by atoms with Crippen LogP contribution in [0.4, 0.5) is 8.78 Å². The van der Waals surface area contributed by atoms with Gasteiger partial charge in [-0.25, -0.2) is 8.78 Å². The molecule has 0 aliphatic rings. The van der Waals surface area contributed by atoms with Crippen LogP contribution >= 0.6 is 0 Å². The molecule has 1 aromatic carbocycles. The van der Waals surface area contributed by atoms with Crippen molar-refractivity contribution in [2.24, 2.45) is 0 Å². The number of rotatable bonds is 3. The topological polar surface area (TPSA) is 42.2 Å². The number of nitrogens with zero attached hydrogens (tertiary/aromatic N) is 1. The van der Waals surface area contributed by atoms with Gasteiger partial charge in [0.15, 0.2) is 17.3 Å². The van der Waals surface area contributed by atoms with Gasteiger partial charge in [-0.3, -0.25) is 0 Å².